The zero-order valence-corrected chi connectivity index (χ0v) is 14.4. The second kappa shape index (κ2) is 8.72. The Morgan fingerprint density at radius 3 is 2.76 bits per heavy atom. The van der Waals surface area contributed by atoms with Crippen LogP contribution in [0.1, 0.15) is 43.4 Å². The van der Waals surface area contributed by atoms with Crippen LogP contribution in [0.3, 0.4) is 0 Å². The molecule has 0 radical (unpaired) electrons. The summed E-state index contributed by atoms with van der Waals surface area (Å²) in [5.74, 6) is 2.16. The summed E-state index contributed by atoms with van der Waals surface area (Å²) < 4.78 is 5.94. The average molecular weight is 308 g/mol. The Hall–Kier alpha value is -0.640. The Balaban J connectivity index is 1.67. The molecular weight excluding hydrogens is 278 g/mol. The van der Waals surface area contributed by atoms with E-state index in [1.165, 1.54) is 22.6 Å². The largest absolute Gasteiger partial charge is 0.376 e. The van der Waals surface area contributed by atoms with Crippen LogP contribution in [0.15, 0.2) is 24.3 Å². The molecular formula is C18H29NOS. The highest BCUT2D eigenvalue weighted by molar-refractivity contribution is 7.11. The molecule has 1 aromatic heterocycles. The molecule has 0 saturated heterocycles. The fraction of sp³-hybridized carbons (Fsp3) is 0.667. The summed E-state index contributed by atoms with van der Waals surface area (Å²) in [5.41, 5.74) is 0. The van der Waals surface area contributed by atoms with E-state index < -0.39 is 0 Å². The second-order valence-corrected chi connectivity index (χ2v) is 7.84. The first kappa shape index (κ1) is 16.7. The third kappa shape index (κ3) is 5.93. The van der Waals surface area contributed by atoms with Crippen molar-refractivity contribution in [2.45, 2.75) is 46.8 Å². The average Bonchev–Trinajstić information content (AvgIpc) is 2.88. The molecule has 1 aliphatic rings. The lowest BCUT2D eigenvalue weighted by Gasteiger charge is -2.24. The molecule has 0 aliphatic heterocycles. The van der Waals surface area contributed by atoms with Crippen molar-refractivity contribution in [3.05, 3.63) is 34.0 Å². The highest BCUT2D eigenvalue weighted by Crippen LogP contribution is 2.26. The molecule has 0 spiro atoms. The molecule has 1 aliphatic carbocycles. The minimum absolute atomic E-state index is 0.696. The molecule has 0 fully saturated rings. The van der Waals surface area contributed by atoms with Crippen LogP contribution in [-0.4, -0.2) is 13.2 Å². The Labute approximate surface area is 133 Å². The van der Waals surface area contributed by atoms with Crippen LogP contribution in [0.25, 0.3) is 0 Å². The van der Waals surface area contributed by atoms with E-state index >= 15 is 0 Å². The van der Waals surface area contributed by atoms with E-state index in [0.717, 1.165) is 32.2 Å². The first-order valence-corrected chi connectivity index (χ1v) is 8.98. The van der Waals surface area contributed by atoms with Crippen molar-refractivity contribution in [2.24, 2.45) is 17.8 Å². The lowest BCUT2D eigenvalue weighted by atomic mass is 9.85. The standard InChI is InChI=1S/C18H29NOS/c1-14(2)10-19-11-17-8-9-18(21-17)13-20-12-16-7-5-4-6-15(16)3/h4-5,8-9,14-16,19H,6-7,10-13H2,1-3H3. The molecule has 1 heterocycles. The predicted octanol–water partition coefficient (Wildman–Crippen LogP) is 4.61. The smallest absolute Gasteiger partial charge is 0.0809 e. The zero-order valence-electron chi connectivity index (χ0n) is 13.6. The van der Waals surface area contributed by atoms with Crippen molar-refractivity contribution < 1.29 is 4.74 Å². The van der Waals surface area contributed by atoms with Gasteiger partial charge in [-0.2, -0.15) is 0 Å². The quantitative estimate of drug-likeness (QED) is 0.708. The van der Waals surface area contributed by atoms with Crippen molar-refractivity contribution >= 4 is 11.3 Å². The predicted molar refractivity (Wildman–Crippen MR) is 91.5 cm³/mol. The van der Waals surface area contributed by atoms with Crippen LogP contribution < -0.4 is 5.32 Å². The lowest BCUT2D eigenvalue weighted by molar-refractivity contribution is 0.0695. The van der Waals surface area contributed by atoms with Gasteiger partial charge in [0, 0.05) is 16.3 Å². The summed E-state index contributed by atoms with van der Waals surface area (Å²) in [4.78, 5) is 2.75. The van der Waals surface area contributed by atoms with E-state index in [4.69, 9.17) is 4.74 Å². The molecule has 0 bridgehead atoms. The Bertz CT molecular complexity index is 438. The van der Waals surface area contributed by atoms with Crippen molar-refractivity contribution in [3.8, 4) is 0 Å². The molecule has 0 aromatic carbocycles. The monoisotopic (exact) mass is 307 g/mol. The topological polar surface area (TPSA) is 21.3 Å². The molecule has 1 aromatic rings. The molecule has 21 heavy (non-hydrogen) atoms. The van der Waals surface area contributed by atoms with Crippen LogP contribution >= 0.6 is 11.3 Å². The van der Waals surface area contributed by atoms with Crippen molar-refractivity contribution in [3.63, 3.8) is 0 Å². The highest BCUT2D eigenvalue weighted by Gasteiger charge is 2.18. The van der Waals surface area contributed by atoms with Gasteiger partial charge in [0.15, 0.2) is 0 Å². The summed E-state index contributed by atoms with van der Waals surface area (Å²) in [7, 11) is 0. The number of rotatable bonds is 8. The van der Waals surface area contributed by atoms with Gasteiger partial charge in [0.1, 0.15) is 0 Å². The number of hydrogen-bond acceptors (Lipinski definition) is 3. The van der Waals surface area contributed by atoms with Crippen LogP contribution in [0.4, 0.5) is 0 Å². The maximum atomic E-state index is 5.94. The summed E-state index contributed by atoms with van der Waals surface area (Å²) in [6, 6.07) is 4.43. The first-order valence-electron chi connectivity index (χ1n) is 8.16. The second-order valence-electron chi connectivity index (χ2n) is 6.59. The molecule has 2 unspecified atom stereocenters. The minimum Gasteiger partial charge on any atom is -0.376 e. The molecule has 2 atom stereocenters. The van der Waals surface area contributed by atoms with Gasteiger partial charge in [0.05, 0.1) is 13.2 Å². The van der Waals surface area contributed by atoms with Gasteiger partial charge >= 0.3 is 0 Å². The number of nitrogens with one attached hydrogen (secondary N) is 1. The molecule has 2 nitrogen and oxygen atoms in total. The first-order chi connectivity index (χ1) is 10.1. The lowest BCUT2D eigenvalue weighted by Crippen LogP contribution is -2.19. The van der Waals surface area contributed by atoms with E-state index in [1.54, 1.807) is 0 Å². The van der Waals surface area contributed by atoms with Gasteiger partial charge in [0.2, 0.25) is 0 Å². The Morgan fingerprint density at radius 2 is 2.00 bits per heavy atom. The fourth-order valence-corrected chi connectivity index (χ4v) is 3.55. The van der Waals surface area contributed by atoms with Gasteiger partial charge in [-0.05, 0) is 49.3 Å². The summed E-state index contributed by atoms with van der Waals surface area (Å²) in [5, 5.41) is 3.49. The Morgan fingerprint density at radius 1 is 1.24 bits per heavy atom. The third-order valence-electron chi connectivity index (χ3n) is 4.06. The van der Waals surface area contributed by atoms with Crippen molar-refractivity contribution in [2.75, 3.05) is 13.2 Å². The molecule has 0 amide bonds. The van der Waals surface area contributed by atoms with Gasteiger partial charge < -0.3 is 10.1 Å². The maximum Gasteiger partial charge on any atom is 0.0809 e. The van der Waals surface area contributed by atoms with Gasteiger partial charge in [0.25, 0.3) is 0 Å². The van der Waals surface area contributed by atoms with Crippen LogP contribution in [0.2, 0.25) is 0 Å². The number of ether oxygens (including phenoxy) is 1. The zero-order chi connectivity index (χ0) is 15.1. The van der Waals surface area contributed by atoms with Crippen LogP contribution in [0, 0.1) is 17.8 Å². The molecule has 118 valence electrons. The van der Waals surface area contributed by atoms with Crippen molar-refractivity contribution in [1.29, 1.82) is 0 Å². The number of allylic oxidation sites excluding steroid dienone is 2. The molecule has 1 N–H and O–H groups in total. The van der Waals surface area contributed by atoms with Gasteiger partial charge in [-0.3, -0.25) is 0 Å². The van der Waals surface area contributed by atoms with Crippen LogP contribution in [-0.2, 0) is 17.9 Å². The van der Waals surface area contributed by atoms with E-state index in [2.05, 4.69) is 50.4 Å². The Kier molecular flexibility index (Phi) is 6.94. The third-order valence-corrected chi connectivity index (χ3v) is 5.12. The van der Waals surface area contributed by atoms with Crippen molar-refractivity contribution in [1.82, 2.24) is 5.32 Å². The highest BCUT2D eigenvalue weighted by atomic mass is 32.1. The summed E-state index contributed by atoms with van der Waals surface area (Å²) in [6.45, 7) is 10.5. The number of thiophene rings is 1. The van der Waals surface area contributed by atoms with Gasteiger partial charge in [-0.1, -0.05) is 32.9 Å². The van der Waals surface area contributed by atoms with Gasteiger partial charge in [-0.15, -0.1) is 11.3 Å². The SMILES string of the molecule is CC(C)CNCc1ccc(COCC2CC=CCC2C)s1. The van der Waals surface area contributed by atoms with E-state index in [9.17, 15) is 0 Å². The molecule has 0 saturated carbocycles. The maximum absolute atomic E-state index is 5.94. The fourth-order valence-electron chi connectivity index (χ4n) is 2.63. The van der Waals surface area contributed by atoms with Gasteiger partial charge in [-0.25, -0.2) is 0 Å². The normalized spacial score (nSPS) is 22.1. The van der Waals surface area contributed by atoms with E-state index in [-0.39, 0.29) is 0 Å². The summed E-state index contributed by atoms with van der Waals surface area (Å²) in [6.07, 6.45) is 6.99. The van der Waals surface area contributed by atoms with E-state index in [0.29, 0.717) is 11.8 Å². The van der Waals surface area contributed by atoms with Crippen LogP contribution in [0.5, 0.6) is 0 Å². The summed E-state index contributed by atoms with van der Waals surface area (Å²) >= 11 is 1.87. The molecule has 2 rings (SSSR count). The minimum atomic E-state index is 0.696. The molecule has 3 heteroatoms. The van der Waals surface area contributed by atoms with E-state index in [1.807, 2.05) is 11.3 Å². The number of hydrogen-bond donors (Lipinski definition) is 1.